The van der Waals surface area contributed by atoms with Crippen LogP contribution in [0.3, 0.4) is 0 Å². The Morgan fingerprint density at radius 2 is 2.00 bits per heavy atom. The van der Waals surface area contributed by atoms with Crippen molar-refractivity contribution in [2.45, 2.75) is 77.3 Å². The normalized spacial score (nSPS) is 35.0. The second-order valence-corrected chi connectivity index (χ2v) is 7.17. The van der Waals surface area contributed by atoms with E-state index >= 15 is 0 Å². The van der Waals surface area contributed by atoms with Gasteiger partial charge in [0.05, 0.1) is 0 Å². The number of rotatable bonds is 7. The van der Waals surface area contributed by atoms with E-state index in [1.165, 1.54) is 58.0 Å². The first-order chi connectivity index (χ1) is 10.3. The number of aliphatic hydroxyl groups is 1. The molecule has 0 aromatic rings. The molecule has 0 amide bonds. The number of likely N-dealkylation sites (tertiary alicyclic amines) is 1. The predicted octanol–water partition coefficient (Wildman–Crippen LogP) is 3.03. The fourth-order valence-electron chi connectivity index (χ4n) is 4.54. The Labute approximate surface area is 131 Å². The summed E-state index contributed by atoms with van der Waals surface area (Å²) in [6, 6.07) is 1.35. The topological polar surface area (TPSA) is 35.5 Å². The van der Waals surface area contributed by atoms with Crippen LogP contribution in [0.25, 0.3) is 0 Å². The Morgan fingerprint density at radius 3 is 2.71 bits per heavy atom. The zero-order valence-corrected chi connectivity index (χ0v) is 14.2. The standard InChI is InChI=1S/C18H36N2O/c1-3-15-8-9-18(19-4-2)16(13-15)14-20-11-6-5-7-17(20)10-12-21/h15-19,21H,3-14H2,1-2H3. The van der Waals surface area contributed by atoms with Crippen LogP contribution in [0.2, 0.25) is 0 Å². The molecule has 3 nitrogen and oxygen atoms in total. The molecule has 1 aliphatic heterocycles. The highest BCUT2D eigenvalue weighted by Gasteiger charge is 2.32. The summed E-state index contributed by atoms with van der Waals surface area (Å²) in [6.45, 7) is 8.52. The van der Waals surface area contributed by atoms with E-state index in [2.05, 4.69) is 24.1 Å². The van der Waals surface area contributed by atoms with Crippen LogP contribution >= 0.6 is 0 Å². The number of hydrogen-bond acceptors (Lipinski definition) is 3. The number of aliphatic hydroxyl groups excluding tert-OH is 1. The van der Waals surface area contributed by atoms with Crippen LogP contribution in [0.4, 0.5) is 0 Å². The van der Waals surface area contributed by atoms with Gasteiger partial charge in [0.1, 0.15) is 0 Å². The summed E-state index contributed by atoms with van der Waals surface area (Å²) in [6.07, 6.45) is 10.5. The molecule has 2 rings (SSSR count). The van der Waals surface area contributed by atoms with Crippen molar-refractivity contribution in [3.05, 3.63) is 0 Å². The third kappa shape index (κ3) is 4.94. The summed E-state index contributed by atoms with van der Waals surface area (Å²) < 4.78 is 0. The van der Waals surface area contributed by atoms with Gasteiger partial charge in [0.2, 0.25) is 0 Å². The van der Waals surface area contributed by atoms with Gasteiger partial charge in [-0.3, -0.25) is 4.90 Å². The monoisotopic (exact) mass is 296 g/mol. The molecule has 1 heterocycles. The van der Waals surface area contributed by atoms with Crippen molar-refractivity contribution in [2.24, 2.45) is 11.8 Å². The van der Waals surface area contributed by atoms with Gasteiger partial charge in [0.15, 0.2) is 0 Å². The fourth-order valence-corrected chi connectivity index (χ4v) is 4.54. The lowest BCUT2D eigenvalue weighted by Crippen LogP contribution is -2.49. The van der Waals surface area contributed by atoms with E-state index in [1.807, 2.05) is 0 Å². The second-order valence-electron chi connectivity index (χ2n) is 7.17. The number of nitrogens with one attached hydrogen (secondary N) is 1. The summed E-state index contributed by atoms with van der Waals surface area (Å²) in [7, 11) is 0. The highest BCUT2D eigenvalue weighted by molar-refractivity contribution is 4.88. The first-order valence-corrected chi connectivity index (χ1v) is 9.36. The van der Waals surface area contributed by atoms with Crippen LogP contribution in [-0.2, 0) is 0 Å². The molecule has 21 heavy (non-hydrogen) atoms. The summed E-state index contributed by atoms with van der Waals surface area (Å²) in [5.41, 5.74) is 0. The summed E-state index contributed by atoms with van der Waals surface area (Å²) in [5.74, 6) is 1.74. The highest BCUT2D eigenvalue weighted by atomic mass is 16.3. The van der Waals surface area contributed by atoms with Crippen molar-refractivity contribution in [2.75, 3.05) is 26.2 Å². The van der Waals surface area contributed by atoms with Gasteiger partial charge in [-0.2, -0.15) is 0 Å². The molecule has 1 aliphatic carbocycles. The van der Waals surface area contributed by atoms with Crippen LogP contribution in [0, 0.1) is 11.8 Å². The maximum absolute atomic E-state index is 9.32. The molecule has 0 radical (unpaired) electrons. The molecule has 4 unspecified atom stereocenters. The Morgan fingerprint density at radius 1 is 1.14 bits per heavy atom. The molecule has 0 aromatic carbocycles. The van der Waals surface area contributed by atoms with Gasteiger partial charge < -0.3 is 10.4 Å². The van der Waals surface area contributed by atoms with Gasteiger partial charge in [-0.25, -0.2) is 0 Å². The van der Waals surface area contributed by atoms with Crippen molar-refractivity contribution in [3.8, 4) is 0 Å². The molecule has 0 spiro atoms. The minimum atomic E-state index is 0.347. The first kappa shape index (κ1) is 17.2. The molecule has 0 aromatic heterocycles. The molecule has 1 saturated heterocycles. The summed E-state index contributed by atoms with van der Waals surface area (Å²) in [5, 5.41) is 13.1. The maximum atomic E-state index is 9.32. The fraction of sp³-hybridized carbons (Fsp3) is 1.00. The zero-order chi connectivity index (χ0) is 15.1. The molecule has 0 bridgehead atoms. The van der Waals surface area contributed by atoms with E-state index in [1.54, 1.807) is 0 Å². The molecule has 124 valence electrons. The number of nitrogens with zero attached hydrogens (tertiary/aromatic N) is 1. The molecule has 3 heteroatoms. The van der Waals surface area contributed by atoms with Crippen molar-refractivity contribution in [1.82, 2.24) is 10.2 Å². The van der Waals surface area contributed by atoms with Gasteiger partial charge in [0.25, 0.3) is 0 Å². The van der Waals surface area contributed by atoms with E-state index < -0.39 is 0 Å². The van der Waals surface area contributed by atoms with Gasteiger partial charge in [-0.05, 0) is 63.5 Å². The van der Waals surface area contributed by atoms with E-state index in [0.29, 0.717) is 12.6 Å². The Balaban J connectivity index is 1.94. The number of piperidine rings is 1. The Kier molecular flexibility index (Phi) is 7.48. The lowest BCUT2D eigenvalue weighted by atomic mass is 9.76. The van der Waals surface area contributed by atoms with E-state index in [4.69, 9.17) is 0 Å². The lowest BCUT2D eigenvalue weighted by Gasteiger charge is -2.43. The molecule has 1 saturated carbocycles. The van der Waals surface area contributed by atoms with Crippen molar-refractivity contribution in [3.63, 3.8) is 0 Å². The van der Waals surface area contributed by atoms with Crippen LogP contribution in [0.1, 0.15) is 65.2 Å². The van der Waals surface area contributed by atoms with E-state index in [0.717, 1.165) is 30.8 Å². The van der Waals surface area contributed by atoms with Crippen LogP contribution in [-0.4, -0.2) is 48.3 Å². The maximum Gasteiger partial charge on any atom is 0.0445 e. The number of hydrogen-bond donors (Lipinski definition) is 2. The second kappa shape index (κ2) is 9.12. The molecular formula is C18H36N2O. The average Bonchev–Trinajstić information content (AvgIpc) is 2.51. The largest absolute Gasteiger partial charge is 0.396 e. The summed E-state index contributed by atoms with van der Waals surface area (Å²) >= 11 is 0. The third-order valence-corrected chi connectivity index (χ3v) is 5.82. The molecular weight excluding hydrogens is 260 g/mol. The van der Waals surface area contributed by atoms with Crippen LogP contribution in [0.5, 0.6) is 0 Å². The van der Waals surface area contributed by atoms with E-state index in [-0.39, 0.29) is 0 Å². The first-order valence-electron chi connectivity index (χ1n) is 9.36. The van der Waals surface area contributed by atoms with Crippen LogP contribution < -0.4 is 5.32 Å². The SMILES string of the molecule is CCNC1CCC(CC)CC1CN1CCCCC1CCO. The van der Waals surface area contributed by atoms with Crippen molar-refractivity contribution in [1.29, 1.82) is 0 Å². The third-order valence-electron chi connectivity index (χ3n) is 5.82. The zero-order valence-electron chi connectivity index (χ0n) is 14.2. The minimum Gasteiger partial charge on any atom is -0.396 e. The predicted molar refractivity (Wildman–Crippen MR) is 89.5 cm³/mol. The lowest BCUT2D eigenvalue weighted by molar-refractivity contribution is 0.0725. The van der Waals surface area contributed by atoms with E-state index in [9.17, 15) is 5.11 Å². The minimum absolute atomic E-state index is 0.347. The molecule has 2 N–H and O–H groups in total. The molecule has 2 aliphatic rings. The van der Waals surface area contributed by atoms with Gasteiger partial charge >= 0.3 is 0 Å². The molecule has 2 fully saturated rings. The van der Waals surface area contributed by atoms with Crippen molar-refractivity contribution >= 4 is 0 Å². The van der Waals surface area contributed by atoms with Crippen LogP contribution in [0.15, 0.2) is 0 Å². The quantitative estimate of drug-likeness (QED) is 0.758. The molecule has 4 atom stereocenters. The smallest absolute Gasteiger partial charge is 0.0445 e. The van der Waals surface area contributed by atoms with Gasteiger partial charge in [0, 0.05) is 25.2 Å². The average molecular weight is 296 g/mol. The Hall–Kier alpha value is -0.120. The highest BCUT2D eigenvalue weighted by Crippen LogP contribution is 2.33. The summed E-state index contributed by atoms with van der Waals surface area (Å²) in [4.78, 5) is 2.70. The Bertz CT molecular complexity index is 282. The van der Waals surface area contributed by atoms with Gasteiger partial charge in [-0.15, -0.1) is 0 Å². The van der Waals surface area contributed by atoms with Gasteiger partial charge in [-0.1, -0.05) is 26.7 Å². The van der Waals surface area contributed by atoms with Crippen molar-refractivity contribution < 1.29 is 5.11 Å².